The molecule has 0 amide bonds. The van der Waals surface area contributed by atoms with Crippen molar-refractivity contribution in [2.45, 2.75) is 9.79 Å². The van der Waals surface area contributed by atoms with Gasteiger partial charge in [0.1, 0.15) is 4.90 Å². The van der Waals surface area contributed by atoms with Gasteiger partial charge in [0.05, 0.1) is 10.6 Å². The van der Waals surface area contributed by atoms with E-state index in [-0.39, 0.29) is 22.9 Å². The van der Waals surface area contributed by atoms with Gasteiger partial charge in [0.15, 0.2) is 0 Å². The molecular formula is C9H8ClN5O6S2. The van der Waals surface area contributed by atoms with Gasteiger partial charge in [-0.15, -0.1) is 0 Å². The van der Waals surface area contributed by atoms with Crippen LogP contribution in [0.25, 0.3) is 0 Å². The lowest BCUT2D eigenvalue weighted by atomic mass is 10.3. The second-order valence-electron chi connectivity index (χ2n) is 4.02. The summed E-state index contributed by atoms with van der Waals surface area (Å²) >= 11 is 5.57. The molecular weight excluding hydrogens is 374 g/mol. The fraction of sp³-hybridized carbons (Fsp3) is 0. The minimum Gasteiger partial charge on any atom is -0.368 e. The molecule has 23 heavy (non-hydrogen) atoms. The van der Waals surface area contributed by atoms with Crippen LogP contribution in [0.2, 0.25) is 5.28 Å². The molecule has 11 nitrogen and oxygen atoms in total. The summed E-state index contributed by atoms with van der Waals surface area (Å²) < 4.78 is 63.0. The zero-order valence-electron chi connectivity index (χ0n) is 10.9. The van der Waals surface area contributed by atoms with E-state index in [0.29, 0.717) is 6.07 Å². The maximum absolute atomic E-state index is 11.4. The third-order valence-corrected chi connectivity index (χ3v) is 4.31. The van der Waals surface area contributed by atoms with Gasteiger partial charge in [-0.2, -0.15) is 31.8 Å². The number of rotatable bonds is 4. The predicted octanol–water partition coefficient (Wildman–Crippen LogP) is 0.344. The van der Waals surface area contributed by atoms with Crippen LogP contribution < -0.4 is 11.1 Å². The molecule has 0 aliphatic carbocycles. The van der Waals surface area contributed by atoms with E-state index in [0.717, 1.165) is 12.1 Å². The maximum atomic E-state index is 11.4. The van der Waals surface area contributed by atoms with Crippen LogP contribution in [0.4, 0.5) is 17.6 Å². The van der Waals surface area contributed by atoms with E-state index >= 15 is 0 Å². The number of hydrogen-bond acceptors (Lipinski definition) is 9. The number of aromatic nitrogens is 3. The van der Waals surface area contributed by atoms with Crippen LogP contribution in [0.15, 0.2) is 28.0 Å². The molecule has 0 spiro atoms. The van der Waals surface area contributed by atoms with Gasteiger partial charge in [0.25, 0.3) is 20.2 Å². The Hall–Kier alpha value is -2.06. The Bertz CT molecular complexity index is 958. The maximum Gasteiger partial charge on any atom is 0.296 e. The third-order valence-electron chi connectivity index (χ3n) is 2.40. The quantitative estimate of drug-likeness (QED) is 0.535. The number of benzene rings is 1. The van der Waals surface area contributed by atoms with Crippen LogP contribution in [0, 0.1) is 0 Å². The first-order chi connectivity index (χ1) is 10.5. The molecule has 1 aromatic carbocycles. The molecule has 0 radical (unpaired) electrons. The van der Waals surface area contributed by atoms with Crippen LogP contribution in [-0.2, 0) is 20.2 Å². The van der Waals surface area contributed by atoms with Crippen LogP contribution in [0.3, 0.4) is 0 Å². The molecule has 1 aromatic heterocycles. The zero-order valence-corrected chi connectivity index (χ0v) is 13.3. The van der Waals surface area contributed by atoms with Gasteiger partial charge in [-0.1, -0.05) is 0 Å². The van der Waals surface area contributed by atoms with Crippen molar-refractivity contribution in [3.8, 4) is 0 Å². The Kier molecular flexibility index (Phi) is 4.41. The second kappa shape index (κ2) is 5.86. The highest BCUT2D eigenvalue weighted by Crippen LogP contribution is 2.27. The van der Waals surface area contributed by atoms with E-state index in [4.69, 9.17) is 21.9 Å². The number of nitrogens with two attached hydrogens (primary N) is 1. The molecule has 124 valence electrons. The Morgan fingerprint density at radius 1 is 1.04 bits per heavy atom. The molecule has 2 rings (SSSR count). The van der Waals surface area contributed by atoms with Gasteiger partial charge < -0.3 is 11.1 Å². The summed E-state index contributed by atoms with van der Waals surface area (Å²) in [6, 6.07) is 2.43. The number of nitrogens with one attached hydrogen (secondary N) is 1. The molecule has 0 aliphatic heterocycles. The highest BCUT2D eigenvalue weighted by atomic mass is 35.5. The fourth-order valence-electron chi connectivity index (χ4n) is 1.52. The summed E-state index contributed by atoms with van der Waals surface area (Å²) in [5.41, 5.74) is 5.08. The fourth-order valence-corrected chi connectivity index (χ4v) is 2.94. The number of nitrogen functional groups attached to an aromatic ring is 1. The van der Waals surface area contributed by atoms with Crippen molar-refractivity contribution in [2.24, 2.45) is 0 Å². The Morgan fingerprint density at radius 2 is 1.70 bits per heavy atom. The van der Waals surface area contributed by atoms with Gasteiger partial charge in [0, 0.05) is 0 Å². The normalized spacial score (nSPS) is 12.1. The predicted molar refractivity (Wildman–Crippen MR) is 78.6 cm³/mol. The van der Waals surface area contributed by atoms with Gasteiger partial charge in [-0.05, 0) is 29.8 Å². The van der Waals surface area contributed by atoms with Crippen molar-refractivity contribution < 1.29 is 25.9 Å². The number of hydrogen-bond donors (Lipinski definition) is 4. The summed E-state index contributed by atoms with van der Waals surface area (Å²) in [6.07, 6.45) is 0. The number of nitrogens with zero attached hydrogens (tertiary/aromatic N) is 3. The lowest BCUT2D eigenvalue weighted by Gasteiger charge is -2.10. The first kappa shape index (κ1) is 17.3. The van der Waals surface area contributed by atoms with Gasteiger partial charge in [-0.25, -0.2) is 0 Å². The average Bonchev–Trinajstić information content (AvgIpc) is 2.35. The standard InChI is InChI=1S/C9H8ClN5O6S2/c10-7-13-8(11)15-9(14-7)12-5-2-1-4(22(16,17)18)3-6(5)23(19,20)21/h1-3H,(H,16,17,18)(H,19,20,21)(H3,11,12,13,14,15). The Labute approximate surface area is 135 Å². The van der Waals surface area contributed by atoms with Crippen molar-refractivity contribution in [2.75, 3.05) is 11.1 Å². The Morgan fingerprint density at radius 3 is 2.22 bits per heavy atom. The van der Waals surface area contributed by atoms with Crippen LogP contribution in [0.1, 0.15) is 0 Å². The minimum absolute atomic E-state index is 0.244. The van der Waals surface area contributed by atoms with Crippen molar-refractivity contribution in [1.82, 2.24) is 15.0 Å². The molecule has 0 aliphatic rings. The first-order valence-corrected chi connectivity index (χ1v) is 8.76. The van der Waals surface area contributed by atoms with E-state index in [1.807, 2.05) is 0 Å². The lowest BCUT2D eigenvalue weighted by Crippen LogP contribution is -2.09. The molecule has 1 heterocycles. The molecule has 2 aromatic rings. The highest BCUT2D eigenvalue weighted by Gasteiger charge is 2.21. The lowest BCUT2D eigenvalue weighted by molar-refractivity contribution is 0.481. The topological polar surface area (TPSA) is 185 Å². The number of anilines is 3. The second-order valence-corrected chi connectivity index (χ2v) is 7.17. The SMILES string of the molecule is Nc1nc(Cl)nc(Nc2ccc(S(=O)(=O)O)cc2S(=O)(=O)O)n1. The monoisotopic (exact) mass is 381 g/mol. The molecule has 14 heteroatoms. The summed E-state index contributed by atoms with van der Waals surface area (Å²) in [5.74, 6) is -0.498. The highest BCUT2D eigenvalue weighted by molar-refractivity contribution is 7.86. The molecule has 0 atom stereocenters. The van der Waals surface area contributed by atoms with Crippen molar-refractivity contribution in [1.29, 1.82) is 0 Å². The van der Waals surface area contributed by atoms with Gasteiger partial charge in [-0.3, -0.25) is 9.11 Å². The summed E-state index contributed by atoms with van der Waals surface area (Å²) in [7, 11) is -9.50. The molecule has 0 saturated carbocycles. The van der Waals surface area contributed by atoms with E-state index in [1.165, 1.54) is 0 Å². The third kappa shape index (κ3) is 4.23. The van der Waals surface area contributed by atoms with Gasteiger partial charge >= 0.3 is 0 Å². The van der Waals surface area contributed by atoms with Crippen LogP contribution >= 0.6 is 11.6 Å². The average molecular weight is 382 g/mol. The summed E-state index contributed by atoms with van der Waals surface area (Å²) in [4.78, 5) is 9.20. The van der Waals surface area contributed by atoms with Crippen molar-refractivity contribution in [3.05, 3.63) is 23.5 Å². The summed E-state index contributed by atoms with van der Waals surface area (Å²) in [6.45, 7) is 0. The molecule has 0 fully saturated rings. The van der Waals surface area contributed by atoms with E-state index < -0.39 is 30.0 Å². The van der Waals surface area contributed by atoms with Crippen molar-refractivity contribution >= 4 is 49.4 Å². The Balaban J connectivity index is 2.58. The molecule has 5 N–H and O–H groups in total. The first-order valence-electron chi connectivity index (χ1n) is 5.50. The van der Waals surface area contributed by atoms with Crippen LogP contribution in [0.5, 0.6) is 0 Å². The van der Waals surface area contributed by atoms with E-state index in [2.05, 4.69) is 20.3 Å². The van der Waals surface area contributed by atoms with E-state index in [9.17, 15) is 21.4 Å². The molecule has 0 bridgehead atoms. The largest absolute Gasteiger partial charge is 0.368 e. The minimum atomic E-state index is -4.83. The van der Waals surface area contributed by atoms with E-state index in [1.54, 1.807) is 0 Å². The smallest absolute Gasteiger partial charge is 0.296 e. The molecule has 0 unspecified atom stereocenters. The van der Waals surface area contributed by atoms with Gasteiger partial charge in [0.2, 0.25) is 17.2 Å². The van der Waals surface area contributed by atoms with Crippen molar-refractivity contribution in [3.63, 3.8) is 0 Å². The number of halogens is 1. The zero-order chi connectivity index (χ0) is 17.4. The van der Waals surface area contributed by atoms with Crippen LogP contribution in [-0.4, -0.2) is 40.9 Å². The molecule has 0 saturated heterocycles. The summed E-state index contributed by atoms with van der Waals surface area (Å²) in [5, 5.41) is 2.12.